The minimum atomic E-state index is 0.343. The zero-order valence-corrected chi connectivity index (χ0v) is 14.0. The molecule has 2 atom stereocenters. The molecule has 1 fully saturated rings. The summed E-state index contributed by atoms with van der Waals surface area (Å²) < 4.78 is 6.55. The molecule has 112 valence electrons. The lowest BCUT2D eigenvalue weighted by atomic mass is 10.0. The normalized spacial score (nSPS) is 21.9. The van der Waals surface area contributed by atoms with Gasteiger partial charge in [-0.15, -0.1) is 0 Å². The Labute approximate surface area is 133 Å². The molecular formula is C16H20BrN3O. The number of nitrogens with zero attached hydrogens (tertiary/aromatic N) is 2. The number of aromatic nitrogens is 2. The van der Waals surface area contributed by atoms with Gasteiger partial charge in [0.25, 0.3) is 0 Å². The van der Waals surface area contributed by atoms with E-state index in [1.165, 1.54) is 18.4 Å². The topological polar surface area (TPSA) is 51.0 Å². The maximum atomic E-state index is 5.54. The molecule has 0 amide bonds. The van der Waals surface area contributed by atoms with Crippen LogP contribution in [0.5, 0.6) is 0 Å². The van der Waals surface area contributed by atoms with Gasteiger partial charge in [-0.3, -0.25) is 0 Å². The Morgan fingerprint density at radius 2 is 2.24 bits per heavy atom. The van der Waals surface area contributed by atoms with Gasteiger partial charge in [0.15, 0.2) is 0 Å². The van der Waals surface area contributed by atoms with E-state index in [9.17, 15) is 0 Å². The highest BCUT2D eigenvalue weighted by atomic mass is 79.9. The van der Waals surface area contributed by atoms with Crippen molar-refractivity contribution in [1.82, 2.24) is 15.5 Å². The van der Waals surface area contributed by atoms with Gasteiger partial charge in [-0.05, 0) is 44.0 Å². The molecule has 0 radical (unpaired) electrons. The Bertz CT molecular complexity index is 626. The molecule has 0 bridgehead atoms. The number of hydrogen-bond acceptors (Lipinski definition) is 4. The Balaban J connectivity index is 1.86. The molecule has 0 aliphatic heterocycles. The average molecular weight is 350 g/mol. The lowest BCUT2D eigenvalue weighted by molar-refractivity contribution is 0.332. The predicted octanol–water partition coefficient (Wildman–Crippen LogP) is 4.05. The predicted molar refractivity (Wildman–Crippen MR) is 86.2 cm³/mol. The first-order valence-corrected chi connectivity index (χ1v) is 8.32. The van der Waals surface area contributed by atoms with Crippen molar-refractivity contribution in [1.29, 1.82) is 0 Å². The van der Waals surface area contributed by atoms with Crippen molar-refractivity contribution < 1.29 is 4.52 Å². The molecule has 4 nitrogen and oxygen atoms in total. The standard InChI is InChI=1S/C16H20BrN3O/c1-3-18-14-6-4-5-12(14)16-19-15(20-21-16)11-8-7-10(2)9-13(11)17/h7-9,12,14,18H,3-6H2,1-2H3. The summed E-state index contributed by atoms with van der Waals surface area (Å²) in [5.41, 5.74) is 2.19. The summed E-state index contributed by atoms with van der Waals surface area (Å²) in [6.07, 6.45) is 3.52. The van der Waals surface area contributed by atoms with Crippen LogP contribution in [0.3, 0.4) is 0 Å². The number of rotatable bonds is 4. The van der Waals surface area contributed by atoms with E-state index in [0.717, 1.165) is 28.9 Å². The zero-order valence-electron chi connectivity index (χ0n) is 12.4. The summed E-state index contributed by atoms with van der Waals surface area (Å²) in [4.78, 5) is 4.64. The van der Waals surface area contributed by atoms with Gasteiger partial charge in [0.05, 0.1) is 5.92 Å². The number of aryl methyl sites for hydroxylation is 1. The Morgan fingerprint density at radius 3 is 3.00 bits per heavy atom. The van der Waals surface area contributed by atoms with Gasteiger partial charge in [-0.1, -0.05) is 40.5 Å². The van der Waals surface area contributed by atoms with Crippen LogP contribution < -0.4 is 5.32 Å². The van der Waals surface area contributed by atoms with Gasteiger partial charge >= 0.3 is 0 Å². The Hall–Kier alpha value is -1.20. The van der Waals surface area contributed by atoms with Gasteiger partial charge in [-0.25, -0.2) is 0 Å². The number of hydrogen-bond donors (Lipinski definition) is 1. The average Bonchev–Trinajstić information content (AvgIpc) is 3.07. The van der Waals surface area contributed by atoms with Crippen LogP contribution in [0.1, 0.15) is 43.6 Å². The number of likely N-dealkylation sites (N-methyl/N-ethyl adjacent to an activating group) is 1. The van der Waals surface area contributed by atoms with Crippen molar-refractivity contribution in [2.24, 2.45) is 0 Å². The van der Waals surface area contributed by atoms with Crippen molar-refractivity contribution in [3.05, 3.63) is 34.1 Å². The second-order valence-corrected chi connectivity index (χ2v) is 6.50. The Kier molecular flexibility index (Phi) is 4.40. The molecule has 1 aliphatic rings. The lowest BCUT2D eigenvalue weighted by Gasteiger charge is -2.16. The van der Waals surface area contributed by atoms with Gasteiger partial charge < -0.3 is 9.84 Å². The van der Waals surface area contributed by atoms with Crippen molar-refractivity contribution in [3.63, 3.8) is 0 Å². The first kappa shape index (κ1) is 14.7. The van der Waals surface area contributed by atoms with Crippen LogP contribution >= 0.6 is 15.9 Å². The summed E-state index contributed by atoms with van der Waals surface area (Å²) >= 11 is 3.58. The van der Waals surface area contributed by atoms with Crippen LogP contribution in [0.4, 0.5) is 0 Å². The molecule has 1 aromatic carbocycles. The molecule has 3 rings (SSSR count). The molecule has 21 heavy (non-hydrogen) atoms. The fourth-order valence-electron chi connectivity index (χ4n) is 3.06. The van der Waals surface area contributed by atoms with E-state index < -0.39 is 0 Å². The monoisotopic (exact) mass is 349 g/mol. The second kappa shape index (κ2) is 6.28. The third-order valence-electron chi connectivity index (χ3n) is 4.11. The van der Waals surface area contributed by atoms with Crippen LogP contribution in [0, 0.1) is 6.92 Å². The molecule has 1 heterocycles. The summed E-state index contributed by atoms with van der Waals surface area (Å²) in [6, 6.07) is 6.63. The quantitative estimate of drug-likeness (QED) is 0.904. The van der Waals surface area contributed by atoms with E-state index >= 15 is 0 Å². The van der Waals surface area contributed by atoms with E-state index in [0.29, 0.717) is 17.8 Å². The molecule has 2 unspecified atom stereocenters. The number of nitrogens with one attached hydrogen (secondary N) is 1. The first-order valence-electron chi connectivity index (χ1n) is 7.52. The van der Waals surface area contributed by atoms with E-state index in [1.54, 1.807) is 0 Å². The zero-order chi connectivity index (χ0) is 14.8. The number of benzene rings is 1. The van der Waals surface area contributed by atoms with Gasteiger partial charge in [-0.2, -0.15) is 4.98 Å². The van der Waals surface area contributed by atoms with Crippen LogP contribution in [0.15, 0.2) is 27.2 Å². The van der Waals surface area contributed by atoms with Gasteiger partial charge in [0, 0.05) is 16.1 Å². The fraction of sp³-hybridized carbons (Fsp3) is 0.500. The van der Waals surface area contributed by atoms with Crippen molar-refractivity contribution in [3.8, 4) is 11.4 Å². The van der Waals surface area contributed by atoms with Crippen LogP contribution in [0.25, 0.3) is 11.4 Å². The minimum absolute atomic E-state index is 0.343. The van der Waals surface area contributed by atoms with E-state index in [2.05, 4.69) is 57.4 Å². The molecule has 1 N–H and O–H groups in total. The third kappa shape index (κ3) is 3.04. The smallest absolute Gasteiger partial charge is 0.231 e. The van der Waals surface area contributed by atoms with Gasteiger partial charge in [0.2, 0.25) is 11.7 Å². The van der Waals surface area contributed by atoms with E-state index in [-0.39, 0.29) is 0 Å². The summed E-state index contributed by atoms with van der Waals surface area (Å²) in [7, 11) is 0. The summed E-state index contributed by atoms with van der Waals surface area (Å²) in [5.74, 6) is 1.77. The Morgan fingerprint density at radius 1 is 1.38 bits per heavy atom. The molecule has 1 saturated carbocycles. The van der Waals surface area contributed by atoms with Crippen LogP contribution in [0.2, 0.25) is 0 Å². The largest absolute Gasteiger partial charge is 0.339 e. The van der Waals surface area contributed by atoms with Crippen molar-refractivity contribution in [2.75, 3.05) is 6.54 Å². The van der Waals surface area contributed by atoms with Crippen molar-refractivity contribution >= 4 is 15.9 Å². The maximum Gasteiger partial charge on any atom is 0.231 e. The first-order chi connectivity index (χ1) is 10.2. The van der Waals surface area contributed by atoms with Crippen LogP contribution in [-0.2, 0) is 0 Å². The summed E-state index contributed by atoms with van der Waals surface area (Å²) in [6.45, 7) is 5.18. The van der Waals surface area contributed by atoms with E-state index in [1.807, 2.05) is 6.07 Å². The molecule has 0 saturated heterocycles. The highest BCUT2D eigenvalue weighted by molar-refractivity contribution is 9.10. The molecule has 5 heteroatoms. The molecule has 0 spiro atoms. The molecule has 2 aromatic rings. The maximum absolute atomic E-state index is 5.54. The summed E-state index contributed by atoms with van der Waals surface area (Å²) in [5, 5.41) is 7.70. The molecule has 1 aromatic heterocycles. The minimum Gasteiger partial charge on any atom is -0.339 e. The second-order valence-electron chi connectivity index (χ2n) is 5.64. The van der Waals surface area contributed by atoms with Crippen LogP contribution in [-0.4, -0.2) is 22.7 Å². The highest BCUT2D eigenvalue weighted by Crippen LogP contribution is 2.35. The molecule has 1 aliphatic carbocycles. The molecular weight excluding hydrogens is 330 g/mol. The lowest BCUT2D eigenvalue weighted by Crippen LogP contribution is -2.31. The van der Waals surface area contributed by atoms with E-state index in [4.69, 9.17) is 4.52 Å². The SMILES string of the molecule is CCNC1CCCC1c1nc(-c2ccc(C)cc2Br)no1. The third-order valence-corrected chi connectivity index (χ3v) is 4.76. The number of halogens is 1. The fourth-order valence-corrected chi connectivity index (χ4v) is 3.73. The van der Waals surface area contributed by atoms with Crippen molar-refractivity contribution in [2.45, 2.75) is 45.1 Å². The highest BCUT2D eigenvalue weighted by Gasteiger charge is 2.32. The van der Waals surface area contributed by atoms with Gasteiger partial charge in [0.1, 0.15) is 0 Å².